The van der Waals surface area contributed by atoms with Crippen LogP contribution in [0.4, 0.5) is 0 Å². The van der Waals surface area contributed by atoms with Gasteiger partial charge >= 0.3 is 0 Å². The van der Waals surface area contributed by atoms with Gasteiger partial charge in [0.1, 0.15) is 0 Å². The third kappa shape index (κ3) is 3.42. The Kier molecular flexibility index (Phi) is 4.06. The minimum atomic E-state index is 1.08. The van der Waals surface area contributed by atoms with Gasteiger partial charge in [-0.3, -0.25) is 4.98 Å². The molecule has 1 aromatic heterocycles. The first-order chi connectivity index (χ1) is 5.43. The first-order valence-corrected chi connectivity index (χ1v) is 5.13. The van der Waals surface area contributed by atoms with E-state index < -0.39 is 0 Å². The lowest BCUT2D eigenvalue weighted by Gasteiger charge is -1.96. The molecular formula is C9H12NS. The van der Waals surface area contributed by atoms with E-state index in [4.69, 9.17) is 0 Å². The van der Waals surface area contributed by atoms with Crippen LogP contribution in [-0.4, -0.2) is 17.0 Å². The van der Waals surface area contributed by atoms with Crippen molar-refractivity contribution in [3.05, 3.63) is 30.1 Å². The fourth-order valence-corrected chi connectivity index (χ4v) is 1.32. The maximum atomic E-state index is 4.21. The van der Waals surface area contributed by atoms with Crippen LogP contribution >= 0.6 is 11.8 Å². The molecule has 11 heavy (non-hydrogen) atoms. The lowest BCUT2D eigenvalue weighted by Crippen LogP contribution is -1.89. The van der Waals surface area contributed by atoms with Gasteiger partial charge in [0, 0.05) is 11.9 Å². The standard InChI is InChI=1S/C9H12NS/c1-11-8-4-6-9-5-2-3-7-10-9/h3,5,7H,4,6,8H2,1H3. The quantitative estimate of drug-likeness (QED) is 0.636. The van der Waals surface area contributed by atoms with Crippen molar-refractivity contribution in [3.63, 3.8) is 0 Å². The molecule has 0 fully saturated rings. The molecule has 0 atom stereocenters. The number of aromatic nitrogens is 1. The van der Waals surface area contributed by atoms with Crippen LogP contribution in [0.15, 0.2) is 18.3 Å². The van der Waals surface area contributed by atoms with E-state index in [0.717, 1.165) is 12.1 Å². The zero-order chi connectivity index (χ0) is 7.94. The first kappa shape index (κ1) is 8.60. The zero-order valence-corrected chi connectivity index (χ0v) is 7.53. The third-order valence-electron chi connectivity index (χ3n) is 1.44. The van der Waals surface area contributed by atoms with Gasteiger partial charge in [-0.2, -0.15) is 11.8 Å². The second-order valence-electron chi connectivity index (χ2n) is 2.34. The Hall–Kier alpha value is -0.500. The van der Waals surface area contributed by atoms with Crippen molar-refractivity contribution in [2.24, 2.45) is 0 Å². The normalized spacial score (nSPS) is 9.91. The highest BCUT2D eigenvalue weighted by Crippen LogP contribution is 2.01. The molecule has 0 spiro atoms. The Morgan fingerprint density at radius 3 is 3.18 bits per heavy atom. The van der Waals surface area contributed by atoms with Crippen molar-refractivity contribution in [1.82, 2.24) is 4.98 Å². The largest absolute Gasteiger partial charge is 0.261 e. The Balaban J connectivity index is 2.28. The summed E-state index contributed by atoms with van der Waals surface area (Å²) in [4.78, 5) is 4.21. The number of hydrogen-bond acceptors (Lipinski definition) is 2. The van der Waals surface area contributed by atoms with Gasteiger partial charge in [-0.15, -0.1) is 0 Å². The molecule has 0 amide bonds. The Labute approximate surface area is 72.2 Å². The fourth-order valence-electron chi connectivity index (χ4n) is 0.892. The summed E-state index contributed by atoms with van der Waals surface area (Å²) in [5, 5.41) is 0. The van der Waals surface area contributed by atoms with E-state index in [2.05, 4.69) is 17.3 Å². The summed E-state index contributed by atoms with van der Waals surface area (Å²) in [7, 11) is 0. The number of rotatable bonds is 4. The second kappa shape index (κ2) is 5.19. The van der Waals surface area contributed by atoms with Crippen LogP contribution in [0.5, 0.6) is 0 Å². The molecular weight excluding hydrogens is 154 g/mol. The van der Waals surface area contributed by atoms with Gasteiger partial charge in [-0.1, -0.05) is 0 Å². The van der Waals surface area contributed by atoms with Crippen LogP contribution in [0.2, 0.25) is 0 Å². The van der Waals surface area contributed by atoms with Gasteiger partial charge in [-0.25, -0.2) is 0 Å². The lowest BCUT2D eigenvalue weighted by molar-refractivity contribution is 0.892. The summed E-state index contributed by atoms with van der Waals surface area (Å²) in [6.07, 6.45) is 6.23. The third-order valence-corrected chi connectivity index (χ3v) is 2.14. The van der Waals surface area contributed by atoms with Gasteiger partial charge in [0.2, 0.25) is 0 Å². The highest BCUT2D eigenvalue weighted by molar-refractivity contribution is 7.98. The van der Waals surface area contributed by atoms with Crippen LogP contribution in [0.25, 0.3) is 0 Å². The highest BCUT2D eigenvalue weighted by Gasteiger charge is 1.91. The molecule has 1 heterocycles. The van der Waals surface area contributed by atoms with Gasteiger partial charge < -0.3 is 0 Å². The van der Waals surface area contributed by atoms with Crippen molar-refractivity contribution in [2.75, 3.05) is 12.0 Å². The molecule has 1 radical (unpaired) electrons. The molecule has 1 aromatic rings. The molecule has 0 aromatic carbocycles. The SMILES string of the molecule is CSCCCc1c[c]ccn1. The zero-order valence-electron chi connectivity index (χ0n) is 6.71. The minimum Gasteiger partial charge on any atom is -0.261 e. The van der Waals surface area contributed by atoms with Crippen molar-refractivity contribution < 1.29 is 0 Å². The maximum absolute atomic E-state index is 4.21. The van der Waals surface area contributed by atoms with E-state index in [1.807, 2.05) is 23.9 Å². The molecule has 0 bridgehead atoms. The van der Waals surface area contributed by atoms with Gasteiger partial charge in [0.25, 0.3) is 0 Å². The molecule has 59 valence electrons. The Bertz CT molecular complexity index is 186. The summed E-state index contributed by atoms with van der Waals surface area (Å²) >= 11 is 1.88. The number of hydrogen-bond donors (Lipinski definition) is 0. The predicted molar refractivity (Wildman–Crippen MR) is 49.8 cm³/mol. The van der Waals surface area contributed by atoms with Crippen LogP contribution in [0.3, 0.4) is 0 Å². The highest BCUT2D eigenvalue weighted by atomic mass is 32.2. The molecule has 0 N–H and O–H groups in total. The van der Waals surface area contributed by atoms with Crippen molar-refractivity contribution in [1.29, 1.82) is 0 Å². The summed E-state index contributed by atoms with van der Waals surface area (Å²) in [6, 6.07) is 6.81. The van der Waals surface area contributed by atoms with Crippen LogP contribution in [-0.2, 0) is 6.42 Å². The minimum absolute atomic E-state index is 1.08. The molecule has 1 nitrogen and oxygen atoms in total. The number of thioether (sulfide) groups is 1. The topological polar surface area (TPSA) is 12.9 Å². The monoisotopic (exact) mass is 166 g/mol. The Morgan fingerprint density at radius 2 is 2.55 bits per heavy atom. The van der Waals surface area contributed by atoms with Crippen LogP contribution in [0, 0.1) is 6.07 Å². The molecule has 0 saturated carbocycles. The van der Waals surface area contributed by atoms with E-state index in [-0.39, 0.29) is 0 Å². The number of pyridine rings is 1. The second-order valence-corrected chi connectivity index (χ2v) is 3.33. The molecule has 0 aliphatic rings. The molecule has 0 aliphatic heterocycles. The molecule has 0 saturated heterocycles. The predicted octanol–water partition coefficient (Wildman–Crippen LogP) is 2.18. The smallest absolute Gasteiger partial charge is 0.0410 e. The summed E-state index contributed by atoms with van der Waals surface area (Å²) in [5.41, 5.74) is 1.15. The van der Waals surface area contributed by atoms with E-state index in [0.29, 0.717) is 0 Å². The number of nitrogens with zero attached hydrogens (tertiary/aromatic N) is 1. The summed E-state index contributed by atoms with van der Waals surface area (Å²) in [6.45, 7) is 0. The first-order valence-electron chi connectivity index (χ1n) is 3.73. The average molecular weight is 166 g/mol. The Morgan fingerprint density at radius 1 is 1.64 bits per heavy atom. The summed E-state index contributed by atoms with van der Waals surface area (Å²) < 4.78 is 0. The van der Waals surface area contributed by atoms with Crippen LogP contribution < -0.4 is 0 Å². The lowest BCUT2D eigenvalue weighted by atomic mass is 10.2. The average Bonchev–Trinajstić information content (AvgIpc) is 2.07. The van der Waals surface area contributed by atoms with E-state index in [1.165, 1.54) is 12.2 Å². The molecule has 0 unspecified atom stereocenters. The summed E-state index contributed by atoms with van der Waals surface area (Å²) in [5.74, 6) is 1.22. The molecule has 2 heteroatoms. The molecule has 0 aliphatic carbocycles. The van der Waals surface area contributed by atoms with Gasteiger partial charge in [-0.05, 0) is 43.0 Å². The van der Waals surface area contributed by atoms with Gasteiger partial charge in [0.15, 0.2) is 0 Å². The van der Waals surface area contributed by atoms with Crippen molar-refractivity contribution >= 4 is 11.8 Å². The van der Waals surface area contributed by atoms with Gasteiger partial charge in [0.05, 0.1) is 0 Å². The van der Waals surface area contributed by atoms with Crippen LogP contribution in [0.1, 0.15) is 12.1 Å². The fraction of sp³-hybridized carbons (Fsp3) is 0.444. The number of aryl methyl sites for hydroxylation is 1. The van der Waals surface area contributed by atoms with Crippen molar-refractivity contribution in [2.45, 2.75) is 12.8 Å². The maximum Gasteiger partial charge on any atom is 0.0410 e. The van der Waals surface area contributed by atoms with Crippen molar-refractivity contribution in [3.8, 4) is 0 Å². The van der Waals surface area contributed by atoms with E-state index >= 15 is 0 Å². The van der Waals surface area contributed by atoms with E-state index in [9.17, 15) is 0 Å². The molecule has 1 rings (SSSR count). The van der Waals surface area contributed by atoms with E-state index in [1.54, 1.807) is 6.20 Å².